The Bertz CT molecular complexity index is 1890. The summed E-state index contributed by atoms with van der Waals surface area (Å²) >= 11 is 0. The molecule has 1 aliphatic heterocycles. The average Bonchev–Trinajstić information content (AvgIpc) is 3.16. The maximum Gasteiger partial charge on any atom is 0.122 e. The van der Waals surface area contributed by atoms with Crippen LogP contribution in [0.1, 0.15) is 37.5 Å². The molecule has 0 atom stereocenters. The topological polar surface area (TPSA) is 35.0 Å². The van der Waals surface area contributed by atoms with Crippen LogP contribution in [-0.2, 0) is 25.5 Å². The van der Waals surface area contributed by atoms with Gasteiger partial charge in [0.2, 0.25) is 0 Å². The zero-order chi connectivity index (χ0) is 30.0. The molecular formula is C40H34IrN2O-2. The second-order valence-electron chi connectivity index (χ2n) is 11.9. The van der Waals surface area contributed by atoms with Crippen LogP contribution in [0.3, 0.4) is 0 Å². The summed E-state index contributed by atoms with van der Waals surface area (Å²) in [6, 6.07) is 41.7. The molecule has 0 spiro atoms. The van der Waals surface area contributed by atoms with Crippen molar-refractivity contribution in [2.24, 2.45) is 0 Å². The Morgan fingerprint density at radius 1 is 0.614 bits per heavy atom. The fraction of sp³-hybridized carbons (Fsp3) is 0.150. The standard InChI is InChI=1S/C28H24NO.C12H10N.Ir/c1-18-9-11-26-23(15-18)21-7-5-6-8-22(21)24-16-19(10-12-27(24)30-26)25-17-20(13-14-29-25)28(2,3)4;1-10-7-8-12(13-9-10)11-5-3-2-4-6-11;/h5-9,11-17H,1-4H3;2-5,7-9H,1H3;/q2*-1;. The van der Waals surface area contributed by atoms with Crippen molar-refractivity contribution in [2.45, 2.75) is 40.0 Å². The predicted molar refractivity (Wildman–Crippen MR) is 176 cm³/mol. The van der Waals surface area contributed by atoms with E-state index in [-0.39, 0.29) is 25.5 Å². The molecule has 0 bridgehead atoms. The van der Waals surface area contributed by atoms with Crippen LogP contribution in [0.5, 0.6) is 11.5 Å². The molecular weight excluding hydrogens is 717 g/mol. The molecule has 6 aromatic rings. The van der Waals surface area contributed by atoms with Crippen molar-refractivity contribution in [3.63, 3.8) is 0 Å². The summed E-state index contributed by atoms with van der Waals surface area (Å²) in [4.78, 5) is 8.95. The molecule has 0 saturated carbocycles. The summed E-state index contributed by atoms with van der Waals surface area (Å²) in [5.41, 5.74) is 12.2. The number of pyridine rings is 2. The normalized spacial score (nSPS) is 11.3. The third-order valence-electron chi connectivity index (χ3n) is 7.57. The van der Waals surface area contributed by atoms with E-state index in [1.165, 1.54) is 27.8 Å². The Hall–Kier alpha value is -4.37. The van der Waals surface area contributed by atoms with Crippen molar-refractivity contribution in [3.8, 4) is 56.3 Å². The number of fused-ring (bicyclic) bond motifs is 5. The Morgan fingerprint density at radius 2 is 1.34 bits per heavy atom. The van der Waals surface area contributed by atoms with Crippen LogP contribution in [0.4, 0.5) is 0 Å². The summed E-state index contributed by atoms with van der Waals surface area (Å²) in [7, 11) is 0. The minimum Gasteiger partial charge on any atom is -0.500 e. The van der Waals surface area contributed by atoms with Gasteiger partial charge in [-0.25, -0.2) is 0 Å². The second-order valence-corrected chi connectivity index (χ2v) is 11.9. The van der Waals surface area contributed by atoms with Gasteiger partial charge < -0.3 is 14.7 Å². The SMILES string of the molecule is Cc1ccc(-c2[c-]cccc2)nc1.Cc1ccc2c(c1)-c1ccccc1-c1cc(-c3cc(C(C)(C)C)ccn3)[c-]cc1O2.[Ir]. The monoisotopic (exact) mass is 751 g/mol. The van der Waals surface area contributed by atoms with Gasteiger partial charge in [0.25, 0.3) is 0 Å². The van der Waals surface area contributed by atoms with E-state index in [1.54, 1.807) is 0 Å². The first-order valence-electron chi connectivity index (χ1n) is 14.6. The van der Waals surface area contributed by atoms with Gasteiger partial charge in [-0.2, -0.15) is 0 Å². The summed E-state index contributed by atoms with van der Waals surface area (Å²) in [5, 5.41) is 0. The number of aromatic nitrogens is 2. The van der Waals surface area contributed by atoms with Crippen molar-refractivity contribution < 1.29 is 24.8 Å². The van der Waals surface area contributed by atoms with Crippen molar-refractivity contribution in [3.05, 3.63) is 144 Å². The molecule has 0 fully saturated rings. The number of hydrogen-bond acceptors (Lipinski definition) is 3. The molecule has 0 unspecified atom stereocenters. The smallest absolute Gasteiger partial charge is 0.122 e. The summed E-state index contributed by atoms with van der Waals surface area (Å²) < 4.78 is 6.36. The van der Waals surface area contributed by atoms with Crippen LogP contribution in [0, 0.1) is 26.0 Å². The molecule has 1 aliphatic rings. The van der Waals surface area contributed by atoms with Crippen molar-refractivity contribution in [1.29, 1.82) is 0 Å². The van der Waals surface area contributed by atoms with E-state index in [2.05, 4.69) is 117 Å². The quantitative estimate of drug-likeness (QED) is 0.165. The molecule has 0 amide bonds. The van der Waals surface area contributed by atoms with Gasteiger partial charge >= 0.3 is 0 Å². The van der Waals surface area contributed by atoms with E-state index in [0.29, 0.717) is 0 Å². The summed E-state index contributed by atoms with van der Waals surface area (Å²) in [5.74, 6) is 1.70. The minimum absolute atomic E-state index is 0. The van der Waals surface area contributed by atoms with Gasteiger partial charge in [-0.15, -0.1) is 59.7 Å². The van der Waals surface area contributed by atoms with Gasteiger partial charge in [-0.3, -0.25) is 0 Å². The van der Waals surface area contributed by atoms with E-state index in [9.17, 15) is 0 Å². The molecule has 221 valence electrons. The molecule has 0 aliphatic carbocycles. The first kappa shape index (κ1) is 31.1. The minimum atomic E-state index is 0. The Labute approximate surface area is 274 Å². The van der Waals surface area contributed by atoms with Crippen LogP contribution < -0.4 is 4.74 Å². The van der Waals surface area contributed by atoms with Crippen molar-refractivity contribution in [1.82, 2.24) is 9.97 Å². The van der Waals surface area contributed by atoms with Crippen LogP contribution in [0.2, 0.25) is 0 Å². The molecule has 0 saturated heterocycles. The third-order valence-corrected chi connectivity index (χ3v) is 7.57. The van der Waals surface area contributed by atoms with Crippen LogP contribution >= 0.6 is 0 Å². The van der Waals surface area contributed by atoms with Gasteiger partial charge in [-0.05, 0) is 71.1 Å². The Balaban J connectivity index is 0.000000230. The number of ether oxygens (including phenoxy) is 1. The van der Waals surface area contributed by atoms with Crippen molar-refractivity contribution in [2.75, 3.05) is 0 Å². The molecule has 1 radical (unpaired) electrons. The number of nitrogens with zero attached hydrogens (tertiary/aromatic N) is 2. The third kappa shape index (κ3) is 6.73. The van der Waals surface area contributed by atoms with Gasteiger partial charge in [0.05, 0.1) is 5.75 Å². The molecule has 3 nitrogen and oxygen atoms in total. The van der Waals surface area contributed by atoms with Crippen molar-refractivity contribution >= 4 is 0 Å². The number of benzene rings is 4. The number of hydrogen-bond donors (Lipinski definition) is 0. The van der Waals surface area contributed by atoms with Gasteiger partial charge in [0.15, 0.2) is 0 Å². The maximum absolute atomic E-state index is 6.36. The number of rotatable bonds is 2. The fourth-order valence-electron chi connectivity index (χ4n) is 5.16. The largest absolute Gasteiger partial charge is 0.500 e. The van der Waals surface area contributed by atoms with Crippen LogP contribution in [0.25, 0.3) is 44.8 Å². The van der Waals surface area contributed by atoms with Gasteiger partial charge in [0.1, 0.15) is 5.75 Å². The van der Waals surface area contributed by atoms with E-state index >= 15 is 0 Å². The zero-order valence-corrected chi connectivity index (χ0v) is 28.0. The molecule has 7 rings (SSSR count). The molecule has 0 N–H and O–H groups in total. The number of aryl methyl sites for hydroxylation is 2. The predicted octanol–water partition coefficient (Wildman–Crippen LogP) is 10.4. The summed E-state index contributed by atoms with van der Waals surface area (Å²) in [6.07, 6.45) is 3.76. The Kier molecular flexibility index (Phi) is 9.25. The van der Waals surface area contributed by atoms with E-state index in [4.69, 9.17) is 4.74 Å². The van der Waals surface area contributed by atoms with Gasteiger partial charge in [-0.1, -0.05) is 80.4 Å². The molecule has 3 heterocycles. The maximum atomic E-state index is 6.36. The first-order valence-corrected chi connectivity index (χ1v) is 14.6. The molecule has 4 aromatic carbocycles. The zero-order valence-electron chi connectivity index (χ0n) is 25.6. The van der Waals surface area contributed by atoms with E-state index < -0.39 is 0 Å². The van der Waals surface area contributed by atoms with Crippen LogP contribution in [-0.4, -0.2) is 9.97 Å². The van der Waals surface area contributed by atoms with E-state index in [0.717, 1.165) is 45.1 Å². The average molecular weight is 751 g/mol. The first-order chi connectivity index (χ1) is 20.8. The summed E-state index contributed by atoms with van der Waals surface area (Å²) in [6.45, 7) is 10.8. The molecule has 2 aromatic heterocycles. The van der Waals surface area contributed by atoms with Crippen LogP contribution in [0.15, 0.2) is 116 Å². The fourth-order valence-corrected chi connectivity index (χ4v) is 5.16. The molecule has 4 heteroatoms. The second kappa shape index (κ2) is 13.1. The van der Waals surface area contributed by atoms with Gasteiger partial charge in [0, 0.05) is 38.1 Å². The molecule has 44 heavy (non-hydrogen) atoms. The Morgan fingerprint density at radius 3 is 2.02 bits per heavy atom. The van der Waals surface area contributed by atoms with E-state index in [1.807, 2.05) is 55.7 Å².